The van der Waals surface area contributed by atoms with Crippen molar-refractivity contribution in [2.24, 2.45) is 0 Å². The van der Waals surface area contributed by atoms with E-state index in [1.807, 2.05) is 23.6 Å². The van der Waals surface area contributed by atoms with E-state index in [-0.39, 0.29) is 10.8 Å². The van der Waals surface area contributed by atoms with Gasteiger partial charge in [0, 0.05) is 43.4 Å². The van der Waals surface area contributed by atoms with E-state index in [1.54, 1.807) is 40.5 Å². The number of thiazole rings is 1. The molecule has 1 amide bonds. The maximum Gasteiger partial charge on any atom is 0.252 e. The topological polar surface area (TPSA) is 79.8 Å². The molecule has 31 heavy (non-hydrogen) atoms. The zero-order valence-electron chi connectivity index (χ0n) is 17.1. The Morgan fingerprint density at radius 3 is 2.77 bits per heavy atom. The SMILES string of the molecule is CS(=O)(=O)c1cccc2sc(N(CCN3CCOCC3)C(=O)C=Cc3cccs3)nc12. The summed E-state index contributed by atoms with van der Waals surface area (Å²) in [5.41, 5.74) is 0.413. The molecular weight excluding hydrogens is 454 g/mol. The van der Waals surface area contributed by atoms with Crippen molar-refractivity contribution in [3.05, 3.63) is 46.7 Å². The van der Waals surface area contributed by atoms with Gasteiger partial charge in [0.2, 0.25) is 0 Å². The van der Waals surface area contributed by atoms with Crippen LogP contribution in [0.4, 0.5) is 5.13 Å². The molecule has 1 aromatic carbocycles. The molecule has 0 atom stereocenters. The summed E-state index contributed by atoms with van der Waals surface area (Å²) >= 11 is 2.89. The van der Waals surface area contributed by atoms with Gasteiger partial charge in [-0.25, -0.2) is 13.4 Å². The summed E-state index contributed by atoms with van der Waals surface area (Å²) in [6.07, 6.45) is 4.52. The van der Waals surface area contributed by atoms with Gasteiger partial charge in [-0.05, 0) is 29.7 Å². The first-order valence-corrected chi connectivity index (χ1v) is 13.4. The van der Waals surface area contributed by atoms with Crippen LogP contribution in [0.3, 0.4) is 0 Å². The highest BCUT2D eigenvalue weighted by Gasteiger charge is 2.22. The molecule has 0 radical (unpaired) electrons. The van der Waals surface area contributed by atoms with Gasteiger partial charge in [0.25, 0.3) is 5.91 Å². The third-order valence-corrected chi connectivity index (χ3v) is 7.95. The fourth-order valence-corrected chi connectivity index (χ4v) is 5.86. The largest absolute Gasteiger partial charge is 0.379 e. The molecule has 4 rings (SSSR count). The van der Waals surface area contributed by atoms with Gasteiger partial charge in [-0.3, -0.25) is 14.6 Å². The molecule has 2 aromatic heterocycles. The molecule has 3 heterocycles. The number of rotatable bonds is 7. The van der Waals surface area contributed by atoms with Gasteiger partial charge in [-0.2, -0.15) is 0 Å². The molecule has 0 bridgehead atoms. The fraction of sp³-hybridized carbons (Fsp3) is 0.333. The highest BCUT2D eigenvalue weighted by Crippen LogP contribution is 2.33. The van der Waals surface area contributed by atoms with Crippen LogP contribution in [0, 0.1) is 0 Å². The molecule has 1 fully saturated rings. The minimum Gasteiger partial charge on any atom is -0.379 e. The summed E-state index contributed by atoms with van der Waals surface area (Å²) in [6, 6.07) is 8.97. The summed E-state index contributed by atoms with van der Waals surface area (Å²) < 4.78 is 30.5. The van der Waals surface area contributed by atoms with Gasteiger partial charge < -0.3 is 4.74 Å². The second-order valence-electron chi connectivity index (χ2n) is 7.16. The monoisotopic (exact) mass is 477 g/mol. The molecule has 0 N–H and O–H groups in total. The van der Waals surface area contributed by atoms with Crippen LogP contribution >= 0.6 is 22.7 Å². The quantitative estimate of drug-likeness (QED) is 0.487. The van der Waals surface area contributed by atoms with Crippen molar-refractivity contribution in [3.8, 4) is 0 Å². The lowest BCUT2D eigenvalue weighted by molar-refractivity contribution is -0.114. The minimum atomic E-state index is -3.43. The number of hydrogen-bond acceptors (Lipinski definition) is 8. The highest BCUT2D eigenvalue weighted by molar-refractivity contribution is 7.91. The average molecular weight is 478 g/mol. The third-order valence-electron chi connectivity index (χ3n) is 4.94. The maximum atomic E-state index is 13.1. The first-order valence-electron chi connectivity index (χ1n) is 9.84. The molecule has 10 heteroatoms. The van der Waals surface area contributed by atoms with E-state index in [0.717, 1.165) is 22.7 Å². The van der Waals surface area contributed by atoms with Gasteiger partial charge in [0.05, 0.1) is 22.8 Å². The molecule has 3 aromatic rings. The number of nitrogens with zero attached hydrogens (tertiary/aromatic N) is 3. The van der Waals surface area contributed by atoms with Gasteiger partial charge >= 0.3 is 0 Å². The van der Waals surface area contributed by atoms with Gasteiger partial charge in [0.1, 0.15) is 5.52 Å². The number of thiophene rings is 1. The van der Waals surface area contributed by atoms with Crippen LogP contribution in [0.15, 0.2) is 46.7 Å². The molecule has 1 aliphatic heterocycles. The molecule has 1 saturated heterocycles. The number of morpholine rings is 1. The summed E-state index contributed by atoms with van der Waals surface area (Å²) in [6.45, 7) is 4.17. The van der Waals surface area contributed by atoms with Crippen LogP contribution in [0.2, 0.25) is 0 Å². The number of carbonyl (C=O) groups is 1. The predicted octanol–water partition coefficient (Wildman–Crippen LogP) is 3.14. The lowest BCUT2D eigenvalue weighted by Gasteiger charge is -2.28. The molecule has 7 nitrogen and oxygen atoms in total. The summed E-state index contributed by atoms with van der Waals surface area (Å²) in [5.74, 6) is -0.179. The van der Waals surface area contributed by atoms with E-state index < -0.39 is 9.84 Å². The fourth-order valence-electron chi connectivity index (χ4n) is 3.32. The molecular formula is C21H23N3O4S3. The number of amides is 1. The number of hydrogen-bond donors (Lipinski definition) is 0. The van der Waals surface area contributed by atoms with Crippen LogP contribution in [0.25, 0.3) is 16.3 Å². The second-order valence-corrected chi connectivity index (χ2v) is 11.1. The number of anilines is 1. The van der Waals surface area contributed by atoms with E-state index in [4.69, 9.17) is 4.74 Å². The zero-order valence-corrected chi connectivity index (χ0v) is 19.5. The Morgan fingerprint density at radius 1 is 1.26 bits per heavy atom. The lowest BCUT2D eigenvalue weighted by Crippen LogP contribution is -2.42. The molecule has 0 saturated carbocycles. The van der Waals surface area contributed by atoms with Crippen LogP contribution in [-0.2, 0) is 19.4 Å². The van der Waals surface area contributed by atoms with Gasteiger partial charge in [-0.15, -0.1) is 11.3 Å². The van der Waals surface area contributed by atoms with E-state index in [0.29, 0.717) is 37.0 Å². The second kappa shape index (κ2) is 9.58. The molecule has 164 valence electrons. The van der Waals surface area contributed by atoms with Crippen LogP contribution in [-0.4, -0.2) is 69.9 Å². The van der Waals surface area contributed by atoms with Crippen molar-refractivity contribution in [1.29, 1.82) is 0 Å². The van der Waals surface area contributed by atoms with E-state index in [2.05, 4.69) is 9.88 Å². The number of aromatic nitrogens is 1. The van der Waals surface area contributed by atoms with Crippen molar-refractivity contribution < 1.29 is 17.9 Å². The smallest absolute Gasteiger partial charge is 0.252 e. The first-order chi connectivity index (χ1) is 14.9. The number of carbonyl (C=O) groups excluding carboxylic acids is 1. The van der Waals surface area contributed by atoms with Crippen molar-refractivity contribution in [1.82, 2.24) is 9.88 Å². The number of fused-ring (bicyclic) bond motifs is 1. The Hall–Kier alpha value is -2.11. The third kappa shape index (κ3) is 5.39. The standard InChI is InChI=1S/C21H23N3O4S3/c1-31(26,27)18-6-2-5-17-20(18)22-21(30-17)24(10-9-23-11-13-28-14-12-23)19(25)8-7-16-4-3-15-29-16/h2-8,15H,9-14H2,1H3. The van der Waals surface area contributed by atoms with E-state index in [9.17, 15) is 13.2 Å². The Kier molecular flexibility index (Phi) is 6.83. The number of para-hydroxylation sites is 1. The summed E-state index contributed by atoms with van der Waals surface area (Å²) in [5, 5.41) is 2.46. The minimum absolute atomic E-state index is 0.179. The van der Waals surface area contributed by atoms with Crippen molar-refractivity contribution in [2.45, 2.75) is 4.90 Å². The van der Waals surface area contributed by atoms with Crippen LogP contribution in [0.5, 0.6) is 0 Å². The van der Waals surface area contributed by atoms with E-state index in [1.165, 1.54) is 17.6 Å². The number of ether oxygens (including phenoxy) is 1. The lowest BCUT2D eigenvalue weighted by atomic mass is 10.3. The Balaban J connectivity index is 1.64. The average Bonchev–Trinajstić information content (AvgIpc) is 3.42. The van der Waals surface area contributed by atoms with Crippen LogP contribution in [0.1, 0.15) is 4.88 Å². The first kappa shape index (κ1) is 22.1. The van der Waals surface area contributed by atoms with Gasteiger partial charge in [-0.1, -0.05) is 23.5 Å². The molecule has 0 spiro atoms. The van der Waals surface area contributed by atoms with Crippen molar-refractivity contribution in [3.63, 3.8) is 0 Å². The number of sulfone groups is 1. The Bertz CT molecular complexity index is 1180. The van der Waals surface area contributed by atoms with E-state index >= 15 is 0 Å². The Morgan fingerprint density at radius 2 is 2.06 bits per heavy atom. The summed E-state index contributed by atoms with van der Waals surface area (Å²) in [4.78, 5) is 22.8. The van der Waals surface area contributed by atoms with Crippen molar-refractivity contribution in [2.75, 3.05) is 50.5 Å². The maximum absolute atomic E-state index is 13.1. The van der Waals surface area contributed by atoms with Crippen molar-refractivity contribution >= 4 is 59.8 Å². The van der Waals surface area contributed by atoms with Crippen LogP contribution < -0.4 is 4.90 Å². The number of benzene rings is 1. The normalized spacial score (nSPS) is 15.6. The summed E-state index contributed by atoms with van der Waals surface area (Å²) in [7, 11) is -3.43. The molecule has 1 aliphatic rings. The predicted molar refractivity (Wildman–Crippen MR) is 126 cm³/mol. The molecule has 0 aliphatic carbocycles. The molecule has 0 unspecified atom stereocenters. The van der Waals surface area contributed by atoms with Gasteiger partial charge in [0.15, 0.2) is 15.0 Å². The Labute approximate surface area is 189 Å². The zero-order chi connectivity index (χ0) is 21.8. The highest BCUT2D eigenvalue weighted by atomic mass is 32.2.